The normalized spacial score (nSPS) is 10.6. The molecule has 0 spiro atoms. The van der Waals surface area contributed by atoms with Gasteiger partial charge in [-0.1, -0.05) is 13.8 Å². The molecule has 0 aliphatic heterocycles. The molecule has 0 radical (unpaired) electrons. The Morgan fingerprint density at radius 1 is 1.28 bits per heavy atom. The summed E-state index contributed by atoms with van der Waals surface area (Å²) in [6, 6.07) is 5.11. The average molecular weight is 344 g/mol. The number of hydrogen-bond donors (Lipinski definition) is 2. The van der Waals surface area contributed by atoms with E-state index in [0.29, 0.717) is 34.8 Å². The van der Waals surface area contributed by atoms with Gasteiger partial charge >= 0.3 is 0 Å². The van der Waals surface area contributed by atoms with Crippen molar-refractivity contribution in [2.75, 3.05) is 17.7 Å². The van der Waals surface area contributed by atoms with Gasteiger partial charge in [0.25, 0.3) is 5.91 Å². The molecular weight excluding hydrogens is 320 g/mol. The standard InChI is InChI=1S/C18H24N4O3/c1-11(2)8-17(23)20-15-7-6-13(9-16(15)25-5)19-18(24)14-10-22(4)21-12(14)3/h6-7,9-11H,8H2,1-5H3,(H,19,24)(H,20,23). The highest BCUT2D eigenvalue weighted by Crippen LogP contribution is 2.28. The Bertz CT molecular complexity index is 781. The molecule has 0 saturated heterocycles. The molecule has 7 heteroatoms. The van der Waals surface area contributed by atoms with Crippen molar-refractivity contribution in [2.24, 2.45) is 13.0 Å². The second-order valence-electron chi connectivity index (χ2n) is 6.32. The number of carbonyl (C=O) groups excluding carboxylic acids is 2. The third-order valence-corrected chi connectivity index (χ3v) is 3.59. The summed E-state index contributed by atoms with van der Waals surface area (Å²) in [7, 11) is 3.28. The molecule has 0 unspecified atom stereocenters. The Kier molecular flexibility index (Phi) is 5.80. The molecule has 0 aliphatic rings. The van der Waals surface area contributed by atoms with Crippen molar-refractivity contribution in [3.05, 3.63) is 35.7 Å². The summed E-state index contributed by atoms with van der Waals surface area (Å²) < 4.78 is 6.92. The number of methoxy groups -OCH3 is 1. The molecule has 134 valence electrons. The van der Waals surface area contributed by atoms with E-state index in [1.807, 2.05) is 13.8 Å². The molecule has 0 aliphatic carbocycles. The SMILES string of the molecule is COc1cc(NC(=O)c2cn(C)nc2C)ccc1NC(=O)CC(C)C. The molecule has 2 rings (SSSR count). The van der Waals surface area contributed by atoms with E-state index >= 15 is 0 Å². The average Bonchev–Trinajstić information content (AvgIpc) is 2.86. The summed E-state index contributed by atoms with van der Waals surface area (Å²) in [5.41, 5.74) is 2.32. The van der Waals surface area contributed by atoms with Crippen LogP contribution in [0.3, 0.4) is 0 Å². The second-order valence-corrected chi connectivity index (χ2v) is 6.32. The lowest BCUT2D eigenvalue weighted by Crippen LogP contribution is -2.15. The lowest BCUT2D eigenvalue weighted by molar-refractivity contribution is -0.116. The van der Waals surface area contributed by atoms with Crippen LogP contribution in [0.2, 0.25) is 0 Å². The van der Waals surface area contributed by atoms with Crippen LogP contribution in [-0.2, 0) is 11.8 Å². The first-order chi connectivity index (χ1) is 11.8. The minimum Gasteiger partial charge on any atom is -0.494 e. The third kappa shape index (κ3) is 4.82. The molecule has 25 heavy (non-hydrogen) atoms. The van der Waals surface area contributed by atoms with E-state index in [-0.39, 0.29) is 17.7 Å². The van der Waals surface area contributed by atoms with Gasteiger partial charge in [-0.25, -0.2) is 0 Å². The van der Waals surface area contributed by atoms with E-state index in [2.05, 4.69) is 15.7 Å². The summed E-state index contributed by atoms with van der Waals surface area (Å²) in [6.07, 6.45) is 2.10. The summed E-state index contributed by atoms with van der Waals surface area (Å²) in [6.45, 7) is 5.74. The third-order valence-electron chi connectivity index (χ3n) is 3.59. The first kappa shape index (κ1) is 18.5. The van der Waals surface area contributed by atoms with Gasteiger partial charge in [0.1, 0.15) is 5.75 Å². The van der Waals surface area contributed by atoms with Crippen LogP contribution in [0.25, 0.3) is 0 Å². The van der Waals surface area contributed by atoms with Crippen LogP contribution in [0.15, 0.2) is 24.4 Å². The number of carbonyl (C=O) groups is 2. The summed E-state index contributed by atoms with van der Waals surface area (Å²) in [5, 5.41) is 9.80. The van der Waals surface area contributed by atoms with Crippen molar-refractivity contribution in [1.29, 1.82) is 0 Å². The Morgan fingerprint density at radius 3 is 2.56 bits per heavy atom. The second kappa shape index (κ2) is 7.83. The molecule has 1 aromatic heterocycles. The van der Waals surface area contributed by atoms with Crippen LogP contribution >= 0.6 is 0 Å². The van der Waals surface area contributed by atoms with E-state index in [0.717, 1.165) is 0 Å². The van der Waals surface area contributed by atoms with Crippen LogP contribution in [0.5, 0.6) is 5.75 Å². The summed E-state index contributed by atoms with van der Waals surface area (Å²) in [4.78, 5) is 24.3. The van der Waals surface area contributed by atoms with Crippen molar-refractivity contribution < 1.29 is 14.3 Å². The molecule has 1 aromatic carbocycles. The number of aromatic nitrogens is 2. The number of hydrogen-bond acceptors (Lipinski definition) is 4. The number of rotatable bonds is 6. The Balaban J connectivity index is 2.14. The van der Waals surface area contributed by atoms with Crippen LogP contribution in [0, 0.1) is 12.8 Å². The Hall–Kier alpha value is -2.83. The first-order valence-electron chi connectivity index (χ1n) is 8.09. The van der Waals surface area contributed by atoms with Crippen molar-refractivity contribution in [1.82, 2.24) is 9.78 Å². The fourth-order valence-corrected chi connectivity index (χ4v) is 2.47. The molecule has 1 heterocycles. The summed E-state index contributed by atoms with van der Waals surface area (Å²) in [5.74, 6) is 0.436. The molecule has 7 nitrogen and oxygen atoms in total. The van der Waals surface area contributed by atoms with E-state index in [4.69, 9.17) is 4.74 Å². The quantitative estimate of drug-likeness (QED) is 0.843. The molecule has 0 bridgehead atoms. The van der Waals surface area contributed by atoms with Crippen LogP contribution in [-0.4, -0.2) is 28.7 Å². The van der Waals surface area contributed by atoms with Gasteiger partial charge < -0.3 is 15.4 Å². The van der Waals surface area contributed by atoms with Crippen molar-refractivity contribution in [3.8, 4) is 5.75 Å². The van der Waals surface area contributed by atoms with Gasteiger partial charge in [0.05, 0.1) is 24.1 Å². The largest absolute Gasteiger partial charge is 0.494 e. The van der Waals surface area contributed by atoms with Gasteiger partial charge in [0.2, 0.25) is 5.91 Å². The zero-order chi connectivity index (χ0) is 18.6. The molecule has 0 atom stereocenters. The zero-order valence-corrected chi connectivity index (χ0v) is 15.2. The number of aryl methyl sites for hydroxylation is 2. The van der Waals surface area contributed by atoms with Crippen LogP contribution in [0.4, 0.5) is 11.4 Å². The predicted molar refractivity (Wildman–Crippen MR) is 97.0 cm³/mol. The summed E-state index contributed by atoms with van der Waals surface area (Å²) >= 11 is 0. The maximum absolute atomic E-state index is 12.4. The highest BCUT2D eigenvalue weighted by atomic mass is 16.5. The van der Waals surface area contributed by atoms with Crippen molar-refractivity contribution in [3.63, 3.8) is 0 Å². The minimum atomic E-state index is -0.246. The Labute approximate surface area is 147 Å². The monoisotopic (exact) mass is 344 g/mol. The molecule has 0 fully saturated rings. The number of anilines is 2. The number of ether oxygens (including phenoxy) is 1. The topological polar surface area (TPSA) is 85.2 Å². The minimum absolute atomic E-state index is 0.0731. The van der Waals surface area contributed by atoms with Crippen LogP contribution in [0.1, 0.15) is 36.3 Å². The number of amides is 2. The fraction of sp³-hybridized carbons (Fsp3) is 0.389. The predicted octanol–water partition coefficient (Wildman–Crippen LogP) is 2.97. The lowest BCUT2D eigenvalue weighted by atomic mass is 10.1. The van der Waals surface area contributed by atoms with E-state index in [1.54, 1.807) is 43.0 Å². The lowest BCUT2D eigenvalue weighted by Gasteiger charge is -2.13. The highest BCUT2D eigenvalue weighted by Gasteiger charge is 2.14. The number of benzene rings is 1. The number of nitrogens with one attached hydrogen (secondary N) is 2. The first-order valence-corrected chi connectivity index (χ1v) is 8.09. The fourth-order valence-electron chi connectivity index (χ4n) is 2.47. The Morgan fingerprint density at radius 2 is 2.00 bits per heavy atom. The van der Waals surface area contributed by atoms with Gasteiger partial charge in [0, 0.05) is 31.4 Å². The van der Waals surface area contributed by atoms with Crippen molar-refractivity contribution in [2.45, 2.75) is 27.2 Å². The zero-order valence-electron chi connectivity index (χ0n) is 15.2. The van der Waals surface area contributed by atoms with Gasteiger partial charge in [-0.15, -0.1) is 0 Å². The van der Waals surface area contributed by atoms with Gasteiger partial charge in [-0.2, -0.15) is 5.10 Å². The van der Waals surface area contributed by atoms with E-state index < -0.39 is 0 Å². The molecular formula is C18H24N4O3. The smallest absolute Gasteiger partial charge is 0.259 e. The molecule has 2 aromatic rings. The van der Waals surface area contributed by atoms with E-state index in [1.165, 1.54) is 7.11 Å². The van der Waals surface area contributed by atoms with Crippen molar-refractivity contribution >= 4 is 23.2 Å². The van der Waals surface area contributed by atoms with Gasteiger partial charge in [-0.05, 0) is 25.0 Å². The maximum atomic E-state index is 12.4. The van der Waals surface area contributed by atoms with Gasteiger partial charge in [0.15, 0.2) is 0 Å². The van der Waals surface area contributed by atoms with Gasteiger partial charge in [-0.3, -0.25) is 14.3 Å². The molecule has 2 N–H and O–H groups in total. The molecule has 2 amide bonds. The maximum Gasteiger partial charge on any atom is 0.259 e. The highest BCUT2D eigenvalue weighted by molar-refractivity contribution is 6.05. The molecule has 0 saturated carbocycles. The van der Waals surface area contributed by atoms with E-state index in [9.17, 15) is 9.59 Å². The van der Waals surface area contributed by atoms with Crippen LogP contribution < -0.4 is 15.4 Å². The number of nitrogens with zero attached hydrogens (tertiary/aromatic N) is 2.